The van der Waals surface area contributed by atoms with Gasteiger partial charge >= 0.3 is 0 Å². The molecule has 20 heavy (non-hydrogen) atoms. The molecule has 0 bridgehead atoms. The third-order valence-electron chi connectivity index (χ3n) is 3.23. The molecule has 0 fully saturated rings. The summed E-state index contributed by atoms with van der Waals surface area (Å²) < 4.78 is 8.07. The number of hydrogen-bond donors (Lipinski definition) is 1. The van der Waals surface area contributed by atoms with Crippen molar-refractivity contribution in [3.05, 3.63) is 34.1 Å². The molecule has 1 aromatic carbocycles. The largest absolute Gasteiger partial charge is 0.495 e. The van der Waals surface area contributed by atoms with Gasteiger partial charge in [0.15, 0.2) is 0 Å². The number of hydrogen-bond acceptors (Lipinski definition) is 4. The number of halogens is 1. The fourth-order valence-corrected chi connectivity index (χ4v) is 2.58. The van der Waals surface area contributed by atoms with Crippen LogP contribution < -0.4 is 10.1 Å². The van der Waals surface area contributed by atoms with E-state index in [-0.39, 0.29) is 6.04 Å². The van der Waals surface area contributed by atoms with Gasteiger partial charge in [-0.15, -0.1) is 5.10 Å². The molecule has 0 aliphatic rings. The van der Waals surface area contributed by atoms with Crippen LogP contribution in [0.15, 0.2) is 22.7 Å². The Kier molecular flexibility index (Phi) is 4.77. The molecule has 0 saturated heterocycles. The van der Waals surface area contributed by atoms with Gasteiger partial charge in [0.05, 0.1) is 29.0 Å². The van der Waals surface area contributed by atoms with Gasteiger partial charge in [-0.1, -0.05) is 12.1 Å². The second kappa shape index (κ2) is 6.37. The van der Waals surface area contributed by atoms with Gasteiger partial charge < -0.3 is 10.1 Å². The molecule has 0 amide bonds. The van der Waals surface area contributed by atoms with E-state index in [0.717, 1.165) is 33.8 Å². The van der Waals surface area contributed by atoms with Gasteiger partial charge in [-0.2, -0.15) is 0 Å². The monoisotopic (exact) mass is 338 g/mol. The molecule has 6 heteroatoms. The van der Waals surface area contributed by atoms with Crippen LogP contribution in [0.4, 0.5) is 0 Å². The maximum Gasteiger partial charge on any atom is 0.135 e. The lowest BCUT2D eigenvalue weighted by atomic mass is 10.2. The van der Waals surface area contributed by atoms with Gasteiger partial charge in [-0.25, -0.2) is 4.68 Å². The van der Waals surface area contributed by atoms with E-state index >= 15 is 0 Å². The Morgan fingerprint density at radius 2 is 2.20 bits per heavy atom. The maximum atomic E-state index is 5.32. The highest BCUT2D eigenvalue weighted by Crippen LogP contribution is 2.28. The zero-order valence-electron chi connectivity index (χ0n) is 12.1. The van der Waals surface area contributed by atoms with Crippen molar-refractivity contribution in [2.24, 2.45) is 0 Å². The second-order valence-electron chi connectivity index (χ2n) is 4.57. The van der Waals surface area contributed by atoms with Crippen molar-refractivity contribution >= 4 is 15.9 Å². The molecule has 2 rings (SSSR count). The lowest BCUT2D eigenvalue weighted by molar-refractivity contribution is 0.412. The normalized spacial score (nSPS) is 12.4. The van der Waals surface area contributed by atoms with E-state index in [2.05, 4.69) is 45.4 Å². The molecule has 108 valence electrons. The minimum atomic E-state index is 0.186. The molecule has 1 heterocycles. The van der Waals surface area contributed by atoms with Crippen molar-refractivity contribution in [1.82, 2.24) is 20.3 Å². The van der Waals surface area contributed by atoms with Crippen molar-refractivity contribution in [1.29, 1.82) is 0 Å². The number of methoxy groups -OCH3 is 1. The zero-order chi connectivity index (χ0) is 14.7. The highest BCUT2D eigenvalue weighted by Gasteiger charge is 2.16. The van der Waals surface area contributed by atoms with E-state index in [9.17, 15) is 0 Å². The Morgan fingerprint density at radius 1 is 1.45 bits per heavy atom. The summed E-state index contributed by atoms with van der Waals surface area (Å²) in [5, 5.41) is 11.9. The van der Waals surface area contributed by atoms with Crippen LogP contribution in [-0.2, 0) is 0 Å². The zero-order valence-corrected chi connectivity index (χ0v) is 13.7. The van der Waals surface area contributed by atoms with E-state index in [0.29, 0.717) is 0 Å². The van der Waals surface area contributed by atoms with Gasteiger partial charge in [-0.05, 0) is 48.5 Å². The summed E-state index contributed by atoms with van der Waals surface area (Å²) in [6.45, 7) is 7.10. The summed E-state index contributed by atoms with van der Waals surface area (Å²) in [7, 11) is 1.65. The Hall–Kier alpha value is -1.40. The second-order valence-corrected chi connectivity index (χ2v) is 5.42. The van der Waals surface area contributed by atoms with Gasteiger partial charge in [0.2, 0.25) is 0 Å². The summed E-state index contributed by atoms with van der Waals surface area (Å²) in [6, 6.07) is 6.05. The molecule has 5 nitrogen and oxygen atoms in total. The molecule has 0 radical (unpaired) electrons. The molecule has 0 saturated carbocycles. The summed E-state index contributed by atoms with van der Waals surface area (Å²) in [6.07, 6.45) is 0. The molecular formula is C14H19BrN4O. The molecule has 0 spiro atoms. The van der Waals surface area contributed by atoms with Crippen molar-refractivity contribution in [3.63, 3.8) is 0 Å². The summed E-state index contributed by atoms with van der Waals surface area (Å²) in [5.74, 6) is 0.777. The molecule has 0 aliphatic carbocycles. The first-order valence-corrected chi connectivity index (χ1v) is 7.37. The SMILES string of the molecule is CCNC(C)c1nnn(-c2ccc(Br)c(OC)c2)c1C. The number of rotatable bonds is 5. The number of ether oxygens (including phenoxy) is 1. The predicted octanol–water partition coefficient (Wildman–Crippen LogP) is 3.02. The van der Waals surface area contributed by atoms with Crippen molar-refractivity contribution in [2.75, 3.05) is 13.7 Å². The van der Waals surface area contributed by atoms with Gasteiger partial charge in [0.1, 0.15) is 11.4 Å². The number of benzene rings is 1. The smallest absolute Gasteiger partial charge is 0.135 e. The average molecular weight is 339 g/mol. The first-order valence-electron chi connectivity index (χ1n) is 6.58. The van der Waals surface area contributed by atoms with Gasteiger partial charge in [-0.3, -0.25) is 0 Å². The fraction of sp³-hybridized carbons (Fsp3) is 0.429. The lowest BCUT2D eigenvalue weighted by Crippen LogP contribution is -2.19. The van der Waals surface area contributed by atoms with Crippen LogP contribution >= 0.6 is 15.9 Å². The number of nitrogens with zero attached hydrogens (tertiary/aromatic N) is 3. The molecule has 2 aromatic rings. The van der Waals surface area contributed by atoms with E-state index in [1.807, 2.05) is 29.8 Å². The molecule has 0 aliphatic heterocycles. The topological polar surface area (TPSA) is 52.0 Å². The van der Waals surface area contributed by atoms with Gasteiger partial charge in [0.25, 0.3) is 0 Å². The highest BCUT2D eigenvalue weighted by atomic mass is 79.9. The quantitative estimate of drug-likeness (QED) is 0.910. The average Bonchev–Trinajstić information content (AvgIpc) is 2.81. The van der Waals surface area contributed by atoms with E-state index < -0.39 is 0 Å². The van der Waals surface area contributed by atoms with Crippen LogP contribution in [0.3, 0.4) is 0 Å². The number of nitrogens with one attached hydrogen (secondary N) is 1. The van der Waals surface area contributed by atoms with Gasteiger partial charge in [0, 0.05) is 6.07 Å². The van der Waals surface area contributed by atoms with Crippen LogP contribution in [0, 0.1) is 6.92 Å². The number of aromatic nitrogens is 3. The first-order chi connectivity index (χ1) is 9.58. The van der Waals surface area contributed by atoms with Crippen LogP contribution in [-0.4, -0.2) is 28.6 Å². The minimum absolute atomic E-state index is 0.186. The lowest BCUT2D eigenvalue weighted by Gasteiger charge is -2.11. The Labute approximate surface area is 127 Å². The molecule has 1 atom stereocenters. The van der Waals surface area contributed by atoms with Crippen LogP contribution in [0.1, 0.15) is 31.3 Å². The van der Waals surface area contributed by atoms with Crippen molar-refractivity contribution in [2.45, 2.75) is 26.8 Å². The molecule has 1 unspecified atom stereocenters. The van der Waals surface area contributed by atoms with E-state index in [4.69, 9.17) is 4.74 Å². The summed E-state index contributed by atoms with van der Waals surface area (Å²) in [5.41, 5.74) is 2.93. The molecule has 1 N–H and O–H groups in total. The summed E-state index contributed by atoms with van der Waals surface area (Å²) in [4.78, 5) is 0. The third-order valence-corrected chi connectivity index (χ3v) is 3.89. The van der Waals surface area contributed by atoms with Crippen LogP contribution in [0.5, 0.6) is 5.75 Å². The fourth-order valence-electron chi connectivity index (χ4n) is 2.17. The molecule has 1 aromatic heterocycles. The Morgan fingerprint density at radius 3 is 2.85 bits per heavy atom. The highest BCUT2D eigenvalue weighted by molar-refractivity contribution is 9.10. The van der Waals surface area contributed by atoms with E-state index in [1.54, 1.807) is 7.11 Å². The predicted molar refractivity (Wildman–Crippen MR) is 82.4 cm³/mol. The van der Waals surface area contributed by atoms with Crippen LogP contribution in [0.2, 0.25) is 0 Å². The summed E-state index contributed by atoms with van der Waals surface area (Å²) >= 11 is 3.45. The van der Waals surface area contributed by atoms with Crippen molar-refractivity contribution in [3.8, 4) is 11.4 Å². The third kappa shape index (κ3) is 2.86. The Bertz CT molecular complexity index is 597. The van der Waals surface area contributed by atoms with Crippen LogP contribution in [0.25, 0.3) is 5.69 Å². The first kappa shape index (κ1) is 15.0. The standard InChI is InChI=1S/C14H19BrN4O/c1-5-16-9(2)14-10(3)19(18-17-14)11-6-7-12(15)13(8-11)20-4/h6-9,16H,5H2,1-4H3. The maximum absolute atomic E-state index is 5.32. The van der Waals surface area contributed by atoms with E-state index in [1.165, 1.54) is 0 Å². The minimum Gasteiger partial charge on any atom is -0.495 e. The van der Waals surface area contributed by atoms with Crippen molar-refractivity contribution < 1.29 is 4.74 Å². The Balaban J connectivity index is 2.39. The molecular weight excluding hydrogens is 320 g/mol.